The summed E-state index contributed by atoms with van der Waals surface area (Å²) in [5.74, 6) is 0.126. The summed E-state index contributed by atoms with van der Waals surface area (Å²) in [5.41, 5.74) is 0. The summed E-state index contributed by atoms with van der Waals surface area (Å²) < 4.78 is 15.4. The van der Waals surface area contributed by atoms with Gasteiger partial charge in [-0.2, -0.15) is 0 Å². The van der Waals surface area contributed by atoms with Gasteiger partial charge in [-0.3, -0.25) is 0 Å². The van der Waals surface area contributed by atoms with Crippen LogP contribution in [0.5, 0.6) is 11.5 Å². The minimum absolute atomic E-state index is 0.0571. The molecule has 0 bridgehead atoms. The van der Waals surface area contributed by atoms with Crippen LogP contribution >= 0.6 is 0 Å². The van der Waals surface area contributed by atoms with E-state index in [0.717, 1.165) is 0 Å². The highest BCUT2D eigenvalue weighted by atomic mass is 17.0. The number of benzene rings is 1. The summed E-state index contributed by atoms with van der Waals surface area (Å²) >= 11 is 0. The molecule has 1 aromatic carbocycles. The summed E-state index contributed by atoms with van der Waals surface area (Å²) in [6.07, 6.45) is -0.0571. The minimum atomic E-state index is -0.470. The third kappa shape index (κ3) is 1.07. The van der Waals surface area contributed by atoms with Crippen LogP contribution in [0.1, 0.15) is 0 Å². The SMILES string of the molecule is Oc1ccccc1OCC12OC1O2. The highest BCUT2D eigenvalue weighted by molar-refractivity contribution is 5.38. The Hall–Kier alpha value is -1.26. The number of fused-ring (bicyclic) bond motifs is 1. The third-order valence-electron chi connectivity index (χ3n) is 2.15. The van der Waals surface area contributed by atoms with Crippen LogP contribution in [0.4, 0.5) is 0 Å². The molecule has 2 heterocycles. The number of ether oxygens (including phenoxy) is 3. The first kappa shape index (κ1) is 7.17. The van der Waals surface area contributed by atoms with Crippen molar-refractivity contribution >= 4 is 0 Å². The predicted octanol–water partition coefficient (Wildman–Crippen LogP) is 0.854. The van der Waals surface area contributed by atoms with Crippen molar-refractivity contribution in [1.29, 1.82) is 0 Å². The monoisotopic (exact) mass is 180 g/mol. The Balaban J connectivity index is 1.67. The van der Waals surface area contributed by atoms with Crippen LogP contribution in [0.15, 0.2) is 24.3 Å². The van der Waals surface area contributed by atoms with Crippen molar-refractivity contribution in [3.05, 3.63) is 24.3 Å². The molecule has 4 heteroatoms. The standard InChI is InChI=1S/C9H8O4/c10-6-3-1-2-4-7(6)11-5-9-8(12-9)13-9/h1-4,8,10H,5H2. The van der Waals surface area contributed by atoms with Gasteiger partial charge >= 0.3 is 0 Å². The first-order valence-corrected chi connectivity index (χ1v) is 4.07. The van der Waals surface area contributed by atoms with Crippen LogP contribution in [0.25, 0.3) is 0 Å². The fourth-order valence-electron chi connectivity index (χ4n) is 1.20. The van der Waals surface area contributed by atoms with Gasteiger partial charge in [0, 0.05) is 0 Å². The number of epoxide rings is 2. The fourth-order valence-corrected chi connectivity index (χ4v) is 1.20. The third-order valence-corrected chi connectivity index (χ3v) is 2.15. The maximum Gasteiger partial charge on any atom is 0.261 e. The van der Waals surface area contributed by atoms with Crippen LogP contribution in [0.2, 0.25) is 0 Å². The fraction of sp³-hybridized carbons (Fsp3) is 0.333. The second-order valence-electron chi connectivity index (χ2n) is 3.14. The summed E-state index contributed by atoms with van der Waals surface area (Å²) in [5, 5.41) is 9.33. The van der Waals surface area contributed by atoms with Crippen LogP contribution < -0.4 is 4.74 Å². The molecule has 2 aliphatic heterocycles. The molecule has 0 atom stereocenters. The number of hydrogen-bond acceptors (Lipinski definition) is 4. The van der Waals surface area contributed by atoms with Crippen molar-refractivity contribution in [2.75, 3.05) is 6.61 Å². The van der Waals surface area contributed by atoms with E-state index in [4.69, 9.17) is 14.2 Å². The second-order valence-corrected chi connectivity index (χ2v) is 3.14. The average Bonchev–Trinajstić information content (AvgIpc) is 2.91. The van der Waals surface area contributed by atoms with E-state index in [1.165, 1.54) is 0 Å². The zero-order valence-electron chi connectivity index (χ0n) is 6.77. The maximum absolute atomic E-state index is 9.33. The first-order chi connectivity index (χ1) is 6.30. The normalized spacial score (nSPS) is 33.7. The number of phenols is 1. The number of phenolic OH excluding ortho intramolecular Hbond substituents is 1. The van der Waals surface area contributed by atoms with Crippen LogP contribution in [-0.2, 0) is 9.47 Å². The molecule has 0 radical (unpaired) electrons. The molecule has 0 saturated carbocycles. The molecule has 1 aromatic rings. The molecule has 1 N–H and O–H groups in total. The molecule has 13 heavy (non-hydrogen) atoms. The van der Waals surface area contributed by atoms with Gasteiger partial charge in [0.25, 0.3) is 5.79 Å². The lowest BCUT2D eigenvalue weighted by atomic mass is 10.3. The molecule has 4 nitrogen and oxygen atoms in total. The van der Waals surface area contributed by atoms with Crippen LogP contribution in [0.3, 0.4) is 0 Å². The van der Waals surface area contributed by atoms with Gasteiger partial charge in [0.15, 0.2) is 11.5 Å². The quantitative estimate of drug-likeness (QED) is 0.701. The van der Waals surface area contributed by atoms with Gasteiger partial charge < -0.3 is 19.3 Å². The van der Waals surface area contributed by atoms with E-state index < -0.39 is 5.79 Å². The summed E-state index contributed by atoms with van der Waals surface area (Å²) in [6.45, 7) is 0.342. The van der Waals surface area contributed by atoms with Crippen LogP contribution in [-0.4, -0.2) is 23.8 Å². The van der Waals surface area contributed by atoms with E-state index in [9.17, 15) is 5.11 Å². The second kappa shape index (κ2) is 2.16. The highest BCUT2D eigenvalue weighted by Crippen LogP contribution is 2.56. The number of rotatable bonds is 3. The van der Waals surface area contributed by atoms with E-state index in [1.807, 2.05) is 0 Å². The lowest BCUT2D eigenvalue weighted by molar-refractivity contribution is -0.0678. The van der Waals surface area contributed by atoms with Crippen LogP contribution in [0, 0.1) is 0 Å². The first-order valence-electron chi connectivity index (χ1n) is 4.07. The molecule has 3 rings (SSSR count). The largest absolute Gasteiger partial charge is 0.504 e. The molecule has 68 valence electrons. The van der Waals surface area contributed by atoms with Crippen molar-refractivity contribution in [2.45, 2.75) is 12.1 Å². The molecular formula is C9H8O4. The molecule has 0 aliphatic carbocycles. The Bertz CT molecular complexity index is 343. The Kier molecular flexibility index (Phi) is 1.19. The predicted molar refractivity (Wildman–Crippen MR) is 42.3 cm³/mol. The molecule has 0 unspecified atom stereocenters. The smallest absolute Gasteiger partial charge is 0.261 e. The molecule has 0 aromatic heterocycles. The minimum Gasteiger partial charge on any atom is -0.504 e. The van der Waals surface area contributed by atoms with Gasteiger partial charge in [-0.1, -0.05) is 12.1 Å². The van der Waals surface area contributed by atoms with Gasteiger partial charge in [0.05, 0.1) is 0 Å². The van der Waals surface area contributed by atoms with Gasteiger partial charge in [0.2, 0.25) is 6.29 Å². The lowest BCUT2D eigenvalue weighted by Crippen LogP contribution is -2.12. The summed E-state index contributed by atoms with van der Waals surface area (Å²) in [7, 11) is 0. The molecular weight excluding hydrogens is 172 g/mol. The van der Waals surface area contributed by atoms with Gasteiger partial charge in [0.1, 0.15) is 6.61 Å². The van der Waals surface area contributed by atoms with Crippen molar-refractivity contribution in [3.63, 3.8) is 0 Å². The summed E-state index contributed by atoms with van der Waals surface area (Å²) in [6, 6.07) is 6.81. The van der Waals surface area contributed by atoms with Crippen molar-refractivity contribution < 1.29 is 19.3 Å². The highest BCUT2D eigenvalue weighted by Gasteiger charge is 2.78. The van der Waals surface area contributed by atoms with Crippen molar-refractivity contribution in [3.8, 4) is 11.5 Å². The Morgan fingerprint density at radius 2 is 2.08 bits per heavy atom. The molecule has 0 amide bonds. The zero-order chi connectivity index (χ0) is 8.89. The molecule has 2 aliphatic rings. The van der Waals surface area contributed by atoms with E-state index in [1.54, 1.807) is 24.3 Å². The topological polar surface area (TPSA) is 54.5 Å². The molecule has 0 spiro atoms. The van der Waals surface area contributed by atoms with E-state index in [-0.39, 0.29) is 12.0 Å². The van der Waals surface area contributed by atoms with Crippen molar-refractivity contribution in [2.24, 2.45) is 0 Å². The maximum atomic E-state index is 9.33. The van der Waals surface area contributed by atoms with E-state index >= 15 is 0 Å². The lowest BCUT2D eigenvalue weighted by Gasteiger charge is -2.06. The summed E-state index contributed by atoms with van der Waals surface area (Å²) in [4.78, 5) is 0. The van der Waals surface area contributed by atoms with Gasteiger partial charge in [-0.25, -0.2) is 0 Å². The van der Waals surface area contributed by atoms with Gasteiger partial charge in [-0.15, -0.1) is 0 Å². The Morgan fingerprint density at radius 3 is 2.69 bits per heavy atom. The molecule has 2 saturated heterocycles. The number of para-hydroxylation sites is 2. The van der Waals surface area contributed by atoms with E-state index in [0.29, 0.717) is 12.4 Å². The van der Waals surface area contributed by atoms with E-state index in [2.05, 4.69) is 0 Å². The van der Waals surface area contributed by atoms with Crippen molar-refractivity contribution in [1.82, 2.24) is 0 Å². The zero-order valence-corrected chi connectivity index (χ0v) is 6.77. The molecule has 2 fully saturated rings. The Labute approximate surface area is 74.6 Å². The number of aromatic hydroxyl groups is 1. The Morgan fingerprint density at radius 1 is 1.38 bits per heavy atom. The van der Waals surface area contributed by atoms with Gasteiger partial charge in [-0.05, 0) is 12.1 Å². The average molecular weight is 180 g/mol. The number of hydrogen-bond donors (Lipinski definition) is 1.